The predicted octanol–water partition coefficient (Wildman–Crippen LogP) is 3.48. The zero-order valence-electron chi connectivity index (χ0n) is 10.1. The molecule has 0 saturated carbocycles. The van der Waals surface area contributed by atoms with E-state index in [1.54, 1.807) is 0 Å². The maximum absolute atomic E-state index is 11.4. The first-order valence-corrected chi connectivity index (χ1v) is 6.42. The van der Waals surface area contributed by atoms with Gasteiger partial charge in [-0.1, -0.05) is 45.4 Å². The summed E-state index contributed by atoms with van der Waals surface area (Å²) in [6.45, 7) is 4.21. The Morgan fingerprint density at radius 3 is 2.47 bits per heavy atom. The fraction of sp³-hybridized carbons (Fsp3) is 0.923. The van der Waals surface area contributed by atoms with Gasteiger partial charge >= 0.3 is 0 Å². The van der Waals surface area contributed by atoms with Gasteiger partial charge in [0.1, 0.15) is 6.10 Å². The fourth-order valence-electron chi connectivity index (χ4n) is 2.16. The van der Waals surface area contributed by atoms with Gasteiger partial charge in [-0.15, -0.1) is 0 Å². The molecule has 1 fully saturated rings. The van der Waals surface area contributed by atoms with Crippen LogP contribution in [0.4, 0.5) is 0 Å². The summed E-state index contributed by atoms with van der Waals surface area (Å²) in [6.07, 6.45) is 9.33. The van der Waals surface area contributed by atoms with Crippen molar-refractivity contribution in [2.24, 2.45) is 0 Å². The molecular formula is C13H24O2. The minimum absolute atomic E-state index is 0.0776. The molecule has 0 aromatic heterocycles. The summed E-state index contributed by atoms with van der Waals surface area (Å²) in [5.41, 5.74) is 0. The van der Waals surface area contributed by atoms with Crippen molar-refractivity contribution < 1.29 is 9.53 Å². The molecule has 2 unspecified atom stereocenters. The van der Waals surface area contributed by atoms with E-state index in [-0.39, 0.29) is 12.2 Å². The van der Waals surface area contributed by atoms with Crippen LogP contribution in [0.3, 0.4) is 0 Å². The third kappa shape index (κ3) is 4.78. The van der Waals surface area contributed by atoms with Crippen LogP contribution in [0.5, 0.6) is 0 Å². The van der Waals surface area contributed by atoms with E-state index in [9.17, 15) is 4.79 Å². The highest BCUT2D eigenvalue weighted by Crippen LogP contribution is 2.20. The summed E-state index contributed by atoms with van der Waals surface area (Å²) >= 11 is 0. The third-order valence-electron chi connectivity index (χ3n) is 3.06. The fourth-order valence-corrected chi connectivity index (χ4v) is 2.16. The molecule has 1 rings (SSSR count). The first kappa shape index (κ1) is 12.7. The predicted molar refractivity (Wildman–Crippen MR) is 62.0 cm³/mol. The summed E-state index contributed by atoms with van der Waals surface area (Å²) in [5.74, 6) is 0.316. The Hall–Kier alpha value is -0.370. The second kappa shape index (κ2) is 7.00. The van der Waals surface area contributed by atoms with Gasteiger partial charge in [0, 0.05) is 6.42 Å². The Kier molecular flexibility index (Phi) is 5.92. The molecule has 0 aliphatic carbocycles. The second-order valence-corrected chi connectivity index (χ2v) is 4.66. The summed E-state index contributed by atoms with van der Waals surface area (Å²) in [7, 11) is 0. The van der Waals surface area contributed by atoms with Crippen molar-refractivity contribution in [3.8, 4) is 0 Å². The van der Waals surface area contributed by atoms with Gasteiger partial charge in [0.2, 0.25) is 0 Å². The molecule has 1 heterocycles. The zero-order chi connectivity index (χ0) is 11.1. The van der Waals surface area contributed by atoms with Crippen LogP contribution < -0.4 is 0 Å². The SMILES string of the molecule is CCCCCCCCC1OC(C)CC1=O. The average molecular weight is 212 g/mol. The van der Waals surface area contributed by atoms with E-state index in [4.69, 9.17) is 4.74 Å². The van der Waals surface area contributed by atoms with Crippen LogP contribution in [0.15, 0.2) is 0 Å². The molecule has 0 aromatic carbocycles. The highest BCUT2D eigenvalue weighted by Gasteiger charge is 2.29. The molecule has 1 aliphatic rings. The lowest BCUT2D eigenvalue weighted by Gasteiger charge is -2.08. The number of unbranched alkanes of at least 4 members (excludes halogenated alkanes) is 5. The second-order valence-electron chi connectivity index (χ2n) is 4.66. The third-order valence-corrected chi connectivity index (χ3v) is 3.06. The Labute approximate surface area is 93.4 Å². The average Bonchev–Trinajstić information content (AvgIpc) is 2.51. The van der Waals surface area contributed by atoms with E-state index in [0.717, 1.165) is 12.8 Å². The van der Waals surface area contributed by atoms with Gasteiger partial charge in [-0.25, -0.2) is 0 Å². The minimum atomic E-state index is -0.0776. The Bertz CT molecular complexity index is 189. The van der Waals surface area contributed by atoms with Crippen LogP contribution in [0.1, 0.15) is 65.2 Å². The van der Waals surface area contributed by atoms with Crippen LogP contribution in [-0.2, 0) is 9.53 Å². The van der Waals surface area contributed by atoms with Crippen molar-refractivity contribution in [2.45, 2.75) is 77.4 Å². The van der Waals surface area contributed by atoms with Crippen molar-refractivity contribution in [3.05, 3.63) is 0 Å². The maximum Gasteiger partial charge on any atom is 0.164 e. The normalized spacial score (nSPS) is 26.1. The van der Waals surface area contributed by atoms with Crippen LogP contribution in [0.2, 0.25) is 0 Å². The Balaban J connectivity index is 1.98. The summed E-state index contributed by atoms with van der Waals surface area (Å²) in [5, 5.41) is 0. The summed E-state index contributed by atoms with van der Waals surface area (Å²) < 4.78 is 5.55. The Morgan fingerprint density at radius 1 is 1.20 bits per heavy atom. The topological polar surface area (TPSA) is 26.3 Å². The maximum atomic E-state index is 11.4. The molecule has 15 heavy (non-hydrogen) atoms. The molecule has 2 nitrogen and oxygen atoms in total. The number of ether oxygens (including phenoxy) is 1. The molecule has 2 heteroatoms. The van der Waals surface area contributed by atoms with Gasteiger partial charge < -0.3 is 4.74 Å². The van der Waals surface area contributed by atoms with Gasteiger partial charge in [-0.05, 0) is 13.3 Å². The van der Waals surface area contributed by atoms with Gasteiger partial charge in [0.05, 0.1) is 6.10 Å². The number of carbonyl (C=O) groups is 1. The van der Waals surface area contributed by atoms with E-state index in [1.165, 1.54) is 32.1 Å². The van der Waals surface area contributed by atoms with Crippen molar-refractivity contribution in [2.75, 3.05) is 0 Å². The monoisotopic (exact) mass is 212 g/mol. The molecule has 0 bridgehead atoms. The molecular weight excluding hydrogens is 188 g/mol. The molecule has 0 radical (unpaired) electrons. The molecule has 0 amide bonds. The molecule has 88 valence electrons. The number of hydrogen-bond acceptors (Lipinski definition) is 2. The van der Waals surface area contributed by atoms with Crippen LogP contribution in [0, 0.1) is 0 Å². The minimum Gasteiger partial charge on any atom is -0.367 e. The first-order chi connectivity index (χ1) is 7.24. The van der Waals surface area contributed by atoms with Gasteiger partial charge in [0.25, 0.3) is 0 Å². The molecule has 1 aliphatic heterocycles. The van der Waals surface area contributed by atoms with Crippen LogP contribution in [-0.4, -0.2) is 18.0 Å². The lowest BCUT2D eigenvalue weighted by Crippen LogP contribution is -2.15. The zero-order valence-corrected chi connectivity index (χ0v) is 10.1. The highest BCUT2D eigenvalue weighted by molar-refractivity contribution is 5.85. The molecule has 0 spiro atoms. The molecule has 0 aromatic rings. The number of Topliss-reactive ketones (excluding diaryl/α,β-unsaturated/α-hetero) is 1. The van der Waals surface area contributed by atoms with E-state index in [2.05, 4.69) is 6.92 Å². The number of carbonyl (C=O) groups excluding carboxylic acids is 1. The molecule has 0 N–H and O–H groups in total. The standard InChI is InChI=1S/C13H24O2/c1-3-4-5-6-7-8-9-13-12(14)10-11(2)15-13/h11,13H,3-10H2,1-2H3. The number of rotatable bonds is 7. The van der Waals surface area contributed by atoms with Gasteiger partial charge in [-0.3, -0.25) is 4.79 Å². The van der Waals surface area contributed by atoms with Crippen LogP contribution in [0.25, 0.3) is 0 Å². The number of ketones is 1. The molecule has 2 atom stereocenters. The molecule has 1 saturated heterocycles. The van der Waals surface area contributed by atoms with Crippen molar-refractivity contribution >= 4 is 5.78 Å². The van der Waals surface area contributed by atoms with Gasteiger partial charge in [0.15, 0.2) is 5.78 Å². The van der Waals surface area contributed by atoms with Gasteiger partial charge in [-0.2, -0.15) is 0 Å². The quantitative estimate of drug-likeness (QED) is 0.604. The van der Waals surface area contributed by atoms with E-state index in [1.807, 2.05) is 6.92 Å². The van der Waals surface area contributed by atoms with E-state index in [0.29, 0.717) is 12.2 Å². The number of hydrogen-bond donors (Lipinski definition) is 0. The van der Waals surface area contributed by atoms with Crippen molar-refractivity contribution in [1.29, 1.82) is 0 Å². The lowest BCUT2D eigenvalue weighted by atomic mass is 10.0. The van der Waals surface area contributed by atoms with Crippen molar-refractivity contribution in [1.82, 2.24) is 0 Å². The first-order valence-electron chi connectivity index (χ1n) is 6.42. The smallest absolute Gasteiger partial charge is 0.164 e. The largest absolute Gasteiger partial charge is 0.367 e. The van der Waals surface area contributed by atoms with E-state index >= 15 is 0 Å². The summed E-state index contributed by atoms with van der Waals surface area (Å²) in [6, 6.07) is 0. The Morgan fingerprint density at radius 2 is 1.87 bits per heavy atom. The summed E-state index contributed by atoms with van der Waals surface area (Å²) in [4.78, 5) is 11.4. The van der Waals surface area contributed by atoms with Crippen molar-refractivity contribution in [3.63, 3.8) is 0 Å². The van der Waals surface area contributed by atoms with E-state index < -0.39 is 0 Å². The lowest BCUT2D eigenvalue weighted by molar-refractivity contribution is -0.122. The van der Waals surface area contributed by atoms with Crippen LogP contribution >= 0.6 is 0 Å². The highest BCUT2D eigenvalue weighted by atomic mass is 16.5.